The maximum absolute atomic E-state index is 12.4. The number of amides is 1. The first-order chi connectivity index (χ1) is 11.7. The summed E-state index contributed by atoms with van der Waals surface area (Å²) in [6, 6.07) is 16.1. The molecule has 1 aromatic heterocycles. The van der Waals surface area contributed by atoms with Crippen LogP contribution >= 0.6 is 0 Å². The normalized spacial score (nSPS) is 24.2. The molecule has 3 heterocycles. The predicted molar refractivity (Wildman–Crippen MR) is 91.7 cm³/mol. The molecule has 5 heteroatoms. The molecule has 0 bridgehead atoms. The predicted octanol–water partition coefficient (Wildman–Crippen LogP) is 2.01. The van der Waals surface area contributed by atoms with Crippen LogP contribution < -0.4 is 4.90 Å². The van der Waals surface area contributed by atoms with Crippen molar-refractivity contribution >= 4 is 11.6 Å². The molecule has 2 saturated heterocycles. The summed E-state index contributed by atoms with van der Waals surface area (Å²) in [5.74, 6) is 0.0398. The van der Waals surface area contributed by atoms with Gasteiger partial charge in [-0.3, -0.25) is 14.7 Å². The summed E-state index contributed by atoms with van der Waals surface area (Å²) in [4.78, 5) is 21.2. The molecule has 0 N–H and O–H groups in total. The molecule has 24 heavy (non-hydrogen) atoms. The summed E-state index contributed by atoms with van der Waals surface area (Å²) in [5.41, 5.74) is 3.05. The molecule has 2 aliphatic rings. The largest absolute Gasteiger partial charge is 0.365 e. The number of aryl methyl sites for hydroxylation is 1. The van der Waals surface area contributed by atoms with Crippen LogP contribution in [0.3, 0.4) is 0 Å². The third-order valence-electron chi connectivity index (χ3n) is 4.70. The zero-order chi connectivity index (χ0) is 16.5. The van der Waals surface area contributed by atoms with E-state index in [1.54, 1.807) is 0 Å². The summed E-state index contributed by atoms with van der Waals surface area (Å²) < 4.78 is 5.80. The molecule has 2 fully saturated rings. The average molecular weight is 323 g/mol. The summed E-state index contributed by atoms with van der Waals surface area (Å²) in [5, 5.41) is 0. The molecule has 5 nitrogen and oxygen atoms in total. The molecule has 2 atom stereocenters. The number of hydrogen-bond donors (Lipinski definition) is 0. The van der Waals surface area contributed by atoms with Gasteiger partial charge in [-0.1, -0.05) is 24.3 Å². The van der Waals surface area contributed by atoms with E-state index >= 15 is 0 Å². The van der Waals surface area contributed by atoms with E-state index < -0.39 is 0 Å². The first-order valence-corrected chi connectivity index (χ1v) is 8.34. The number of hydrogen-bond acceptors (Lipinski definition) is 4. The van der Waals surface area contributed by atoms with Crippen LogP contribution in [0, 0.1) is 6.92 Å². The molecule has 2 aromatic rings. The lowest BCUT2D eigenvalue weighted by Crippen LogP contribution is -2.54. The first-order valence-electron chi connectivity index (χ1n) is 8.34. The number of nitrogens with zero attached hydrogens (tertiary/aromatic N) is 3. The van der Waals surface area contributed by atoms with E-state index in [2.05, 4.69) is 16.0 Å². The lowest BCUT2D eigenvalue weighted by atomic mass is 10.1. The molecule has 4 rings (SSSR count). The van der Waals surface area contributed by atoms with Gasteiger partial charge in [-0.2, -0.15) is 0 Å². The second-order valence-corrected chi connectivity index (χ2v) is 6.48. The van der Waals surface area contributed by atoms with Gasteiger partial charge in [0.25, 0.3) is 5.91 Å². The van der Waals surface area contributed by atoms with Crippen LogP contribution in [0.4, 0.5) is 5.69 Å². The van der Waals surface area contributed by atoms with Crippen molar-refractivity contribution in [3.8, 4) is 0 Å². The quantitative estimate of drug-likeness (QED) is 0.867. The van der Waals surface area contributed by atoms with E-state index in [9.17, 15) is 4.79 Å². The SMILES string of the molecule is Cc1cccc(CN2C[C@@H]3OCC(=O)N(c4ccccc4)[C@H]3C2)n1. The highest BCUT2D eigenvalue weighted by molar-refractivity contribution is 5.95. The Morgan fingerprint density at radius 1 is 1.12 bits per heavy atom. The van der Waals surface area contributed by atoms with Crippen LogP contribution in [0.2, 0.25) is 0 Å². The second kappa shape index (κ2) is 6.34. The Bertz CT molecular complexity index is 734. The molecule has 2 aliphatic heterocycles. The Hall–Kier alpha value is -2.24. The maximum atomic E-state index is 12.4. The van der Waals surface area contributed by atoms with Crippen molar-refractivity contribution in [3.63, 3.8) is 0 Å². The van der Waals surface area contributed by atoms with Gasteiger partial charge in [-0.25, -0.2) is 0 Å². The lowest BCUT2D eigenvalue weighted by molar-refractivity contribution is -0.130. The number of aromatic nitrogens is 1. The molecule has 124 valence electrons. The van der Waals surface area contributed by atoms with Gasteiger partial charge in [0.15, 0.2) is 0 Å². The average Bonchev–Trinajstić information content (AvgIpc) is 2.98. The first kappa shape index (κ1) is 15.3. The van der Waals surface area contributed by atoms with Crippen LogP contribution in [0.25, 0.3) is 0 Å². The van der Waals surface area contributed by atoms with Gasteiger partial charge in [-0.15, -0.1) is 0 Å². The zero-order valence-corrected chi connectivity index (χ0v) is 13.8. The molecule has 0 spiro atoms. The Balaban J connectivity index is 1.53. The number of likely N-dealkylation sites (tertiary alicyclic amines) is 1. The molecule has 0 unspecified atom stereocenters. The van der Waals surface area contributed by atoms with E-state index in [1.807, 2.05) is 54.3 Å². The molecule has 1 amide bonds. The highest BCUT2D eigenvalue weighted by atomic mass is 16.5. The highest BCUT2D eigenvalue weighted by Crippen LogP contribution is 2.29. The third kappa shape index (κ3) is 2.92. The third-order valence-corrected chi connectivity index (χ3v) is 4.70. The summed E-state index contributed by atoms with van der Waals surface area (Å²) in [6.07, 6.45) is 0.0627. The van der Waals surface area contributed by atoms with Crippen molar-refractivity contribution in [2.75, 3.05) is 24.6 Å². The molecule has 0 saturated carbocycles. The van der Waals surface area contributed by atoms with Gasteiger partial charge in [0.2, 0.25) is 0 Å². The molecule has 0 aliphatic carbocycles. The number of rotatable bonds is 3. The van der Waals surface area contributed by atoms with Gasteiger partial charge < -0.3 is 9.64 Å². The second-order valence-electron chi connectivity index (χ2n) is 6.48. The topological polar surface area (TPSA) is 45.7 Å². The Morgan fingerprint density at radius 2 is 1.96 bits per heavy atom. The lowest BCUT2D eigenvalue weighted by Gasteiger charge is -2.36. The van der Waals surface area contributed by atoms with E-state index in [-0.39, 0.29) is 24.7 Å². The number of pyridine rings is 1. The number of morpholine rings is 1. The van der Waals surface area contributed by atoms with Gasteiger partial charge in [0.1, 0.15) is 6.61 Å². The molecular formula is C19H21N3O2. The minimum atomic E-state index is 0.0398. The number of ether oxygens (including phenoxy) is 1. The van der Waals surface area contributed by atoms with E-state index in [1.165, 1.54) is 0 Å². The fraction of sp³-hybridized carbons (Fsp3) is 0.368. The van der Waals surface area contributed by atoms with Crippen molar-refractivity contribution in [2.45, 2.75) is 25.6 Å². The monoisotopic (exact) mass is 323 g/mol. The van der Waals surface area contributed by atoms with Crippen molar-refractivity contribution in [1.82, 2.24) is 9.88 Å². The fourth-order valence-corrected chi connectivity index (χ4v) is 3.65. The van der Waals surface area contributed by atoms with Crippen LogP contribution in [-0.4, -0.2) is 47.6 Å². The number of carbonyl (C=O) groups is 1. The Morgan fingerprint density at radius 3 is 2.75 bits per heavy atom. The van der Waals surface area contributed by atoms with Crippen LogP contribution in [0.5, 0.6) is 0 Å². The van der Waals surface area contributed by atoms with Crippen molar-refractivity contribution in [3.05, 3.63) is 59.9 Å². The van der Waals surface area contributed by atoms with E-state index in [0.29, 0.717) is 0 Å². The number of para-hydroxylation sites is 1. The van der Waals surface area contributed by atoms with Crippen LogP contribution in [-0.2, 0) is 16.1 Å². The van der Waals surface area contributed by atoms with E-state index in [4.69, 9.17) is 4.74 Å². The number of carbonyl (C=O) groups excluding carboxylic acids is 1. The number of anilines is 1. The van der Waals surface area contributed by atoms with Crippen molar-refractivity contribution < 1.29 is 9.53 Å². The number of fused-ring (bicyclic) bond motifs is 1. The minimum absolute atomic E-state index is 0.0398. The fourth-order valence-electron chi connectivity index (χ4n) is 3.65. The van der Waals surface area contributed by atoms with Gasteiger partial charge in [0, 0.05) is 31.0 Å². The van der Waals surface area contributed by atoms with Gasteiger partial charge >= 0.3 is 0 Å². The van der Waals surface area contributed by atoms with Crippen LogP contribution in [0.1, 0.15) is 11.4 Å². The summed E-state index contributed by atoms with van der Waals surface area (Å²) in [7, 11) is 0. The maximum Gasteiger partial charge on any atom is 0.253 e. The Labute approximate surface area is 141 Å². The smallest absolute Gasteiger partial charge is 0.253 e. The minimum Gasteiger partial charge on any atom is -0.365 e. The Kier molecular flexibility index (Phi) is 4.04. The molecular weight excluding hydrogens is 302 g/mol. The molecule has 0 radical (unpaired) electrons. The number of benzene rings is 1. The summed E-state index contributed by atoms with van der Waals surface area (Å²) >= 11 is 0. The van der Waals surface area contributed by atoms with Crippen molar-refractivity contribution in [1.29, 1.82) is 0 Å². The van der Waals surface area contributed by atoms with Crippen LogP contribution in [0.15, 0.2) is 48.5 Å². The highest BCUT2D eigenvalue weighted by Gasteiger charge is 2.43. The standard InChI is InChI=1S/C19H21N3O2/c1-14-6-5-7-15(20-14)10-21-11-17-18(12-21)24-13-19(23)22(17)16-8-3-2-4-9-16/h2-9,17-18H,10-13H2,1H3/t17-,18-/m0/s1. The zero-order valence-electron chi connectivity index (χ0n) is 13.8. The molecule has 1 aromatic carbocycles. The van der Waals surface area contributed by atoms with Gasteiger partial charge in [-0.05, 0) is 31.2 Å². The summed E-state index contributed by atoms with van der Waals surface area (Å²) in [6.45, 7) is 4.59. The van der Waals surface area contributed by atoms with Gasteiger partial charge in [0.05, 0.1) is 17.8 Å². The van der Waals surface area contributed by atoms with Crippen molar-refractivity contribution in [2.24, 2.45) is 0 Å². The van der Waals surface area contributed by atoms with E-state index in [0.717, 1.165) is 36.7 Å².